The smallest absolute Gasteiger partial charge is 0.228 e. The summed E-state index contributed by atoms with van der Waals surface area (Å²) in [5.41, 5.74) is 0.484. The first-order chi connectivity index (χ1) is 5.65. The summed E-state index contributed by atoms with van der Waals surface area (Å²) in [4.78, 5) is 0. The van der Waals surface area contributed by atoms with Gasteiger partial charge in [-0.2, -0.15) is 0 Å². The summed E-state index contributed by atoms with van der Waals surface area (Å²) >= 11 is 5.58. The maximum absolute atomic E-state index is 12.6. The van der Waals surface area contributed by atoms with E-state index in [9.17, 15) is 8.78 Å². The number of hydrogen-bond acceptors (Lipinski definition) is 1. The van der Waals surface area contributed by atoms with Crippen molar-refractivity contribution in [2.75, 3.05) is 6.86 Å². The van der Waals surface area contributed by atoms with Crippen molar-refractivity contribution < 1.29 is 13.5 Å². The fourth-order valence-corrected chi connectivity index (χ4v) is 1.23. The Labute approximate surface area is 73.9 Å². The van der Waals surface area contributed by atoms with Crippen LogP contribution in [0.5, 0.6) is 5.75 Å². The van der Waals surface area contributed by atoms with Gasteiger partial charge in [0, 0.05) is 0 Å². The Balaban J connectivity index is 3.10. The highest BCUT2D eigenvalue weighted by atomic mass is 35.5. The van der Waals surface area contributed by atoms with Gasteiger partial charge < -0.3 is 4.74 Å². The number of rotatable bonds is 2. The van der Waals surface area contributed by atoms with Crippen LogP contribution >= 0.6 is 11.6 Å². The van der Waals surface area contributed by atoms with Crippen LogP contribution in [0.15, 0.2) is 12.1 Å². The molecule has 0 fully saturated rings. The van der Waals surface area contributed by atoms with Crippen LogP contribution in [0.2, 0.25) is 5.02 Å². The van der Waals surface area contributed by atoms with Crippen LogP contribution in [0.4, 0.5) is 8.78 Å². The molecule has 0 aliphatic rings. The van der Waals surface area contributed by atoms with Gasteiger partial charge in [-0.05, 0) is 24.6 Å². The highest BCUT2D eigenvalue weighted by molar-refractivity contribution is 6.32. The normalized spacial score (nSPS) is 10.0. The Hall–Kier alpha value is -0.830. The Morgan fingerprint density at radius 1 is 1.50 bits per heavy atom. The third-order valence-corrected chi connectivity index (χ3v) is 1.67. The molecule has 0 aliphatic carbocycles. The van der Waals surface area contributed by atoms with Gasteiger partial charge in [0.15, 0.2) is 0 Å². The summed E-state index contributed by atoms with van der Waals surface area (Å²) in [6.45, 7) is 0.631. The van der Waals surface area contributed by atoms with E-state index in [0.29, 0.717) is 5.56 Å². The van der Waals surface area contributed by atoms with Crippen molar-refractivity contribution in [2.24, 2.45) is 0 Å². The molecule has 0 saturated carbocycles. The maximum atomic E-state index is 12.6. The van der Waals surface area contributed by atoms with Gasteiger partial charge in [-0.1, -0.05) is 11.6 Å². The Morgan fingerprint density at radius 3 is 2.67 bits per heavy atom. The first kappa shape index (κ1) is 9.26. The number of aryl methyl sites for hydroxylation is 1. The molecule has 0 bridgehead atoms. The number of hydrogen-bond donors (Lipinski definition) is 0. The number of ether oxygens (including phenoxy) is 1. The van der Waals surface area contributed by atoms with E-state index in [1.54, 1.807) is 6.92 Å². The summed E-state index contributed by atoms with van der Waals surface area (Å²) in [5, 5.41) is 0.0881. The minimum Gasteiger partial charge on any atom is -0.461 e. The molecular weight excluding hydrogens is 186 g/mol. The van der Waals surface area contributed by atoms with Gasteiger partial charge in [-0.3, -0.25) is 0 Å². The highest BCUT2D eigenvalue weighted by Gasteiger charge is 2.07. The van der Waals surface area contributed by atoms with Gasteiger partial charge in [0.1, 0.15) is 11.6 Å². The van der Waals surface area contributed by atoms with Crippen LogP contribution in [0.1, 0.15) is 5.56 Å². The molecule has 0 aromatic heterocycles. The zero-order valence-electron chi connectivity index (χ0n) is 6.40. The fraction of sp³-hybridized carbons (Fsp3) is 0.250. The molecule has 1 rings (SSSR count). The van der Waals surface area contributed by atoms with E-state index in [-0.39, 0.29) is 10.8 Å². The van der Waals surface area contributed by atoms with Crippen molar-refractivity contribution in [3.05, 3.63) is 28.5 Å². The fourth-order valence-electron chi connectivity index (χ4n) is 0.926. The molecule has 0 amide bonds. The second-order valence-corrected chi connectivity index (χ2v) is 2.69. The molecule has 0 N–H and O–H groups in total. The van der Waals surface area contributed by atoms with Gasteiger partial charge in [0.2, 0.25) is 6.86 Å². The van der Waals surface area contributed by atoms with Gasteiger partial charge in [0.25, 0.3) is 0 Å². The van der Waals surface area contributed by atoms with Crippen molar-refractivity contribution in [2.45, 2.75) is 6.92 Å². The lowest BCUT2D eigenvalue weighted by Gasteiger charge is -2.06. The third kappa shape index (κ3) is 1.85. The molecule has 0 aliphatic heterocycles. The summed E-state index contributed by atoms with van der Waals surface area (Å²) < 4.78 is 28.9. The molecule has 1 aromatic carbocycles. The van der Waals surface area contributed by atoms with Crippen molar-refractivity contribution in [3.63, 3.8) is 0 Å². The number of benzene rings is 1. The Kier molecular flexibility index (Phi) is 2.87. The van der Waals surface area contributed by atoms with E-state index in [1.165, 1.54) is 6.07 Å². The van der Waals surface area contributed by atoms with Gasteiger partial charge in [-0.15, -0.1) is 0 Å². The molecule has 0 spiro atoms. The van der Waals surface area contributed by atoms with Gasteiger partial charge >= 0.3 is 0 Å². The lowest BCUT2D eigenvalue weighted by Crippen LogP contribution is -1.94. The second-order valence-electron chi connectivity index (χ2n) is 2.29. The van der Waals surface area contributed by atoms with Crippen molar-refractivity contribution in [1.29, 1.82) is 0 Å². The third-order valence-electron chi connectivity index (χ3n) is 1.39. The lowest BCUT2D eigenvalue weighted by atomic mass is 10.2. The van der Waals surface area contributed by atoms with E-state index in [2.05, 4.69) is 4.74 Å². The van der Waals surface area contributed by atoms with Crippen LogP contribution in [-0.4, -0.2) is 6.86 Å². The van der Waals surface area contributed by atoms with Crippen LogP contribution in [0.3, 0.4) is 0 Å². The minimum absolute atomic E-state index is 0.0881. The SMILES string of the molecule is Cc1cc(F)cc(Cl)c1OCF. The molecule has 4 heteroatoms. The Morgan fingerprint density at radius 2 is 2.17 bits per heavy atom. The molecule has 0 saturated heterocycles. The molecule has 1 aromatic rings. The van der Waals surface area contributed by atoms with Crippen LogP contribution in [0, 0.1) is 12.7 Å². The van der Waals surface area contributed by atoms with Crippen molar-refractivity contribution >= 4 is 11.6 Å². The van der Waals surface area contributed by atoms with Gasteiger partial charge in [0.05, 0.1) is 5.02 Å². The average molecular weight is 193 g/mol. The lowest BCUT2D eigenvalue weighted by molar-refractivity contribution is 0.190. The van der Waals surface area contributed by atoms with E-state index in [0.717, 1.165) is 6.07 Å². The average Bonchev–Trinajstić information content (AvgIpc) is 1.96. The van der Waals surface area contributed by atoms with Crippen LogP contribution in [-0.2, 0) is 0 Å². The standard InChI is InChI=1S/C8H7ClF2O/c1-5-2-6(11)3-7(9)8(5)12-4-10/h2-3H,4H2,1H3. The Bertz CT molecular complexity index is 265. The molecule has 66 valence electrons. The molecule has 0 atom stereocenters. The molecule has 0 heterocycles. The number of halogens is 3. The van der Waals surface area contributed by atoms with Gasteiger partial charge in [-0.25, -0.2) is 8.78 Å². The quantitative estimate of drug-likeness (QED) is 0.700. The topological polar surface area (TPSA) is 9.23 Å². The zero-order valence-corrected chi connectivity index (χ0v) is 7.16. The van der Waals surface area contributed by atoms with Crippen LogP contribution in [0.25, 0.3) is 0 Å². The number of alkyl halides is 1. The van der Waals surface area contributed by atoms with E-state index in [1.807, 2.05) is 0 Å². The predicted octanol–water partition coefficient (Wildman–Crippen LogP) is 3.09. The largest absolute Gasteiger partial charge is 0.461 e. The molecule has 12 heavy (non-hydrogen) atoms. The summed E-state index contributed by atoms with van der Waals surface area (Å²) in [5.74, 6) is -0.260. The maximum Gasteiger partial charge on any atom is 0.228 e. The molecule has 0 radical (unpaired) electrons. The highest BCUT2D eigenvalue weighted by Crippen LogP contribution is 2.29. The second kappa shape index (κ2) is 3.72. The van der Waals surface area contributed by atoms with E-state index < -0.39 is 12.7 Å². The monoisotopic (exact) mass is 192 g/mol. The first-order valence-electron chi connectivity index (χ1n) is 3.29. The van der Waals surface area contributed by atoms with Crippen molar-refractivity contribution in [3.8, 4) is 5.75 Å². The predicted molar refractivity (Wildman–Crippen MR) is 42.8 cm³/mol. The van der Waals surface area contributed by atoms with Crippen molar-refractivity contribution in [1.82, 2.24) is 0 Å². The molecule has 0 unspecified atom stereocenters. The van der Waals surface area contributed by atoms with E-state index in [4.69, 9.17) is 11.6 Å². The van der Waals surface area contributed by atoms with Crippen LogP contribution < -0.4 is 4.74 Å². The minimum atomic E-state index is -0.966. The zero-order chi connectivity index (χ0) is 9.14. The summed E-state index contributed by atoms with van der Waals surface area (Å²) in [7, 11) is 0. The molecule has 1 nitrogen and oxygen atoms in total. The summed E-state index contributed by atoms with van der Waals surface area (Å²) in [6, 6.07) is 2.32. The summed E-state index contributed by atoms with van der Waals surface area (Å²) in [6.07, 6.45) is 0. The van der Waals surface area contributed by atoms with E-state index >= 15 is 0 Å². The first-order valence-corrected chi connectivity index (χ1v) is 3.67. The molecular formula is C8H7ClF2O.